The van der Waals surface area contributed by atoms with Gasteiger partial charge in [0.15, 0.2) is 0 Å². The highest BCUT2D eigenvalue weighted by atomic mass is 19.1. The van der Waals surface area contributed by atoms with Gasteiger partial charge in [0, 0.05) is 0 Å². The molecule has 2 aromatic carbocycles. The van der Waals surface area contributed by atoms with Gasteiger partial charge in [0.1, 0.15) is 11.6 Å². The largest absolute Gasteiger partial charge is 0.494 e. The fourth-order valence-corrected chi connectivity index (χ4v) is 3.37. The van der Waals surface area contributed by atoms with Gasteiger partial charge in [-0.2, -0.15) is 0 Å². The second-order valence-electron chi connectivity index (χ2n) is 8.44. The van der Waals surface area contributed by atoms with Crippen molar-refractivity contribution in [3.8, 4) is 16.9 Å². The minimum Gasteiger partial charge on any atom is -0.494 e. The third kappa shape index (κ3) is 8.19. The fourth-order valence-electron chi connectivity index (χ4n) is 3.37. The summed E-state index contributed by atoms with van der Waals surface area (Å²) in [7, 11) is 0. The van der Waals surface area contributed by atoms with E-state index in [1.807, 2.05) is 13.8 Å². The molecular weight excluding hydrogens is 423 g/mol. The van der Waals surface area contributed by atoms with Crippen LogP contribution in [0.15, 0.2) is 36.4 Å². The number of hydrogen-bond donors (Lipinski definition) is 1. The second-order valence-corrected chi connectivity index (χ2v) is 8.44. The van der Waals surface area contributed by atoms with Gasteiger partial charge < -0.3 is 14.6 Å². The highest BCUT2D eigenvalue weighted by Gasteiger charge is 2.18. The lowest BCUT2D eigenvalue weighted by atomic mass is 9.98. The predicted octanol–water partition coefficient (Wildman–Crippen LogP) is 7.13. The molecule has 0 saturated carbocycles. The second kappa shape index (κ2) is 13.6. The van der Waals surface area contributed by atoms with E-state index in [2.05, 4.69) is 6.92 Å². The lowest BCUT2D eigenvalue weighted by Gasteiger charge is -2.13. The average Bonchev–Trinajstić information content (AvgIpc) is 2.81. The number of halogens is 1. The van der Waals surface area contributed by atoms with E-state index in [-0.39, 0.29) is 23.7 Å². The van der Waals surface area contributed by atoms with Crippen LogP contribution in [0.4, 0.5) is 4.39 Å². The van der Waals surface area contributed by atoms with Crippen LogP contribution in [0, 0.1) is 11.7 Å². The number of carboxylic acid groups (broad SMARTS) is 1. The minimum atomic E-state index is -1.12. The zero-order valence-corrected chi connectivity index (χ0v) is 19.9. The smallest absolute Gasteiger partial charge is 0.341 e. The van der Waals surface area contributed by atoms with Gasteiger partial charge in [-0.05, 0) is 53.8 Å². The van der Waals surface area contributed by atoms with E-state index in [1.54, 1.807) is 12.1 Å². The first kappa shape index (κ1) is 26.4. The number of carboxylic acids is 1. The predicted molar refractivity (Wildman–Crippen MR) is 127 cm³/mol. The van der Waals surface area contributed by atoms with E-state index in [0.717, 1.165) is 19.3 Å². The summed E-state index contributed by atoms with van der Waals surface area (Å²) in [4.78, 5) is 23.9. The number of benzene rings is 2. The van der Waals surface area contributed by atoms with E-state index in [0.29, 0.717) is 23.5 Å². The maximum absolute atomic E-state index is 14.7. The van der Waals surface area contributed by atoms with Crippen LogP contribution >= 0.6 is 0 Å². The van der Waals surface area contributed by atoms with Crippen molar-refractivity contribution in [2.24, 2.45) is 5.92 Å². The van der Waals surface area contributed by atoms with Crippen molar-refractivity contribution < 1.29 is 28.6 Å². The number of esters is 1. The molecule has 0 aliphatic rings. The van der Waals surface area contributed by atoms with Gasteiger partial charge in [0.2, 0.25) is 0 Å². The summed E-state index contributed by atoms with van der Waals surface area (Å²) in [6.07, 6.45) is 7.69. The Bertz CT molecular complexity index is 925. The van der Waals surface area contributed by atoms with Crippen molar-refractivity contribution in [2.75, 3.05) is 13.2 Å². The standard InChI is InChI=1S/C27H35FO5/c1-4-6-7-8-9-10-15-32-21-12-14-22(26(29)30)24(17-21)20-11-13-23(25(28)16-20)27(31)33-18-19(3)5-2/h11-14,16-17,19H,4-10,15,18H2,1-3H3,(H,29,30)/t19-/m0/s1. The highest BCUT2D eigenvalue weighted by molar-refractivity contribution is 5.97. The van der Waals surface area contributed by atoms with Crippen LogP contribution in [-0.4, -0.2) is 30.3 Å². The van der Waals surface area contributed by atoms with E-state index in [1.165, 1.54) is 49.9 Å². The van der Waals surface area contributed by atoms with E-state index in [9.17, 15) is 19.1 Å². The molecule has 33 heavy (non-hydrogen) atoms. The molecule has 0 fully saturated rings. The zero-order chi connectivity index (χ0) is 24.2. The van der Waals surface area contributed by atoms with Gasteiger partial charge in [0.25, 0.3) is 0 Å². The monoisotopic (exact) mass is 458 g/mol. The highest BCUT2D eigenvalue weighted by Crippen LogP contribution is 2.30. The van der Waals surface area contributed by atoms with Gasteiger partial charge >= 0.3 is 11.9 Å². The molecule has 0 radical (unpaired) electrons. The summed E-state index contributed by atoms with van der Waals surface area (Å²) in [5, 5.41) is 9.58. The molecule has 0 bridgehead atoms. The van der Waals surface area contributed by atoms with Crippen LogP contribution in [0.25, 0.3) is 11.1 Å². The third-order valence-electron chi connectivity index (χ3n) is 5.68. The molecule has 6 heteroatoms. The molecule has 2 aromatic rings. The summed E-state index contributed by atoms with van der Waals surface area (Å²) in [6.45, 7) is 6.87. The van der Waals surface area contributed by atoms with Crippen LogP contribution in [-0.2, 0) is 4.74 Å². The first-order valence-corrected chi connectivity index (χ1v) is 11.8. The summed E-state index contributed by atoms with van der Waals surface area (Å²) in [5.74, 6) is -1.88. The summed E-state index contributed by atoms with van der Waals surface area (Å²) >= 11 is 0. The van der Waals surface area contributed by atoms with Gasteiger partial charge in [-0.15, -0.1) is 0 Å². The Kier molecular flexibility index (Phi) is 10.9. The topological polar surface area (TPSA) is 72.8 Å². The molecule has 0 spiro atoms. The normalized spacial score (nSPS) is 11.8. The number of aromatic carboxylic acids is 1. The SMILES string of the molecule is CCCCCCCCOc1ccc(C(=O)O)c(-c2ccc(C(=O)OC[C@@H](C)CC)c(F)c2)c1. The lowest BCUT2D eigenvalue weighted by Crippen LogP contribution is -2.13. The van der Waals surface area contributed by atoms with Crippen molar-refractivity contribution in [1.29, 1.82) is 0 Å². The molecule has 0 amide bonds. The maximum atomic E-state index is 14.7. The molecule has 1 atom stereocenters. The molecule has 0 heterocycles. The quantitative estimate of drug-likeness (QED) is 0.241. The van der Waals surface area contributed by atoms with Gasteiger partial charge in [-0.25, -0.2) is 14.0 Å². The Morgan fingerprint density at radius 3 is 2.33 bits per heavy atom. The molecule has 0 saturated heterocycles. The van der Waals surface area contributed by atoms with Crippen molar-refractivity contribution in [3.05, 3.63) is 53.3 Å². The minimum absolute atomic E-state index is 0.0356. The molecule has 0 aliphatic carbocycles. The zero-order valence-electron chi connectivity index (χ0n) is 19.9. The van der Waals surface area contributed by atoms with Crippen LogP contribution in [0.2, 0.25) is 0 Å². The molecule has 0 aromatic heterocycles. The molecule has 0 aliphatic heterocycles. The van der Waals surface area contributed by atoms with E-state index < -0.39 is 17.8 Å². The molecule has 0 unspecified atom stereocenters. The Balaban J connectivity index is 2.13. The van der Waals surface area contributed by atoms with Gasteiger partial charge in [0.05, 0.1) is 24.3 Å². The van der Waals surface area contributed by atoms with Crippen molar-refractivity contribution in [2.45, 2.75) is 65.7 Å². The Hall–Kier alpha value is -2.89. The van der Waals surface area contributed by atoms with Gasteiger partial charge in [-0.3, -0.25) is 0 Å². The van der Waals surface area contributed by atoms with Crippen LogP contribution in [0.3, 0.4) is 0 Å². The summed E-state index contributed by atoms with van der Waals surface area (Å²) < 4.78 is 25.7. The molecule has 180 valence electrons. The van der Waals surface area contributed by atoms with Gasteiger partial charge in [-0.1, -0.05) is 65.4 Å². The first-order chi connectivity index (χ1) is 15.9. The number of ether oxygens (including phenoxy) is 2. The molecule has 5 nitrogen and oxygen atoms in total. The first-order valence-electron chi connectivity index (χ1n) is 11.8. The van der Waals surface area contributed by atoms with Crippen LogP contribution in [0.5, 0.6) is 5.75 Å². The average molecular weight is 459 g/mol. The van der Waals surface area contributed by atoms with Crippen molar-refractivity contribution in [1.82, 2.24) is 0 Å². The number of carbonyl (C=O) groups is 2. The van der Waals surface area contributed by atoms with Crippen molar-refractivity contribution >= 4 is 11.9 Å². The van der Waals surface area contributed by atoms with Crippen molar-refractivity contribution in [3.63, 3.8) is 0 Å². The molecule has 1 N–H and O–H groups in total. The third-order valence-corrected chi connectivity index (χ3v) is 5.68. The number of unbranched alkanes of at least 4 members (excludes halogenated alkanes) is 5. The number of rotatable bonds is 14. The summed E-state index contributed by atoms with van der Waals surface area (Å²) in [5.41, 5.74) is 0.553. The molecule has 2 rings (SSSR count). The van der Waals surface area contributed by atoms with E-state index in [4.69, 9.17) is 9.47 Å². The number of hydrogen-bond acceptors (Lipinski definition) is 4. The lowest BCUT2D eigenvalue weighted by molar-refractivity contribution is 0.0441. The van der Waals surface area contributed by atoms with E-state index >= 15 is 0 Å². The maximum Gasteiger partial charge on any atom is 0.341 e. The molecular formula is C27H35FO5. The Labute approximate surface area is 195 Å². The Morgan fingerprint density at radius 2 is 1.67 bits per heavy atom. The van der Waals surface area contributed by atoms with Crippen LogP contribution < -0.4 is 4.74 Å². The van der Waals surface area contributed by atoms with Crippen LogP contribution in [0.1, 0.15) is 86.4 Å². The fraction of sp³-hybridized carbons (Fsp3) is 0.481. The number of carbonyl (C=O) groups excluding carboxylic acids is 1. The Morgan fingerprint density at radius 1 is 0.970 bits per heavy atom. The summed E-state index contributed by atoms with van der Waals surface area (Å²) in [6, 6.07) is 8.71.